The number of rotatable bonds is 3. The highest BCUT2D eigenvalue weighted by molar-refractivity contribution is 7.92. The normalized spacial score (nSPS) is 17.1. The highest BCUT2D eigenvalue weighted by Crippen LogP contribution is 2.47. The van der Waals surface area contributed by atoms with Crippen LogP contribution in [-0.2, 0) is 15.4 Å². The van der Waals surface area contributed by atoms with Crippen LogP contribution in [0.1, 0.15) is 18.4 Å². The number of nitrogens with zero attached hydrogens (tertiary/aromatic N) is 4. The second kappa shape index (κ2) is 8.15. The molecule has 1 aromatic heterocycles. The third-order valence-corrected chi connectivity index (χ3v) is 7.65. The van der Waals surface area contributed by atoms with Crippen LogP contribution in [-0.4, -0.2) is 55.2 Å². The van der Waals surface area contributed by atoms with Crippen molar-refractivity contribution in [3.05, 3.63) is 72.4 Å². The summed E-state index contributed by atoms with van der Waals surface area (Å²) in [5, 5.41) is 2.88. The summed E-state index contributed by atoms with van der Waals surface area (Å²) in [4.78, 5) is 23.5. The highest BCUT2D eigenvalue weighted by atomic mass is 32.2. The number of para-hydroxylation sites is 1. The molecule has 1 fully saturated rings. The fraction of sp³-hybridized carbons (Fsp3) is 0.292. The summed E-state index contributed by atoms with van der Waals surface area (Å²) in [6.07, 6.45) is 4.27. The molecule has 1 N–H and O–H groups in total. The molecule has 2 amide bonds. The van der Waals surface area contributed by atoms with Gasteiger partial charge in [-0.05, 0) is 30.5 Å². The van der Waals surface area contributed by atoms with Crippen molar-refractivity contribution in [1.29, 1.82) is 0 Å². The average molecular weight is 464 g/mol. The number of fused-ring (bicyclic) bond motifs is 2. The smallest absolute Gasteiger partial charge is 0.323 e. The number of nitrogens with one attached hydrogen (secondary N) is 1. The number of likely N-dealkylation sites (tertiary alicyclic amines) is 1. The van der Waals surface area contributed by atoms with Crippen molar-refractivity contribution in [2.45, 2.75) is 18.3 Å². The molecule has 1 spiro atoms. The number of urea groups is 1. The van der Waals surface area contributed by atoms with E-state index in [9.17, 15) is 13.2 Å². The van der Waals surface area contributed by atoms with Gasteiger partial charge in [-0.1, -0.05) is 48.5 Å². The Balaban J connectivity index is 1.29. The fourth-order valence-corrected chi connectivity index (χ4v) is 5.79. The molecule has 9 heteroatoms. The van der Waals surface area contributed by atoms with Crippen LogP contribution in [0.25, 0.3) is 11.4 Å². The third-order valence-electron chi connectivity index (χ3n) is 6.52. The molecule has 170 valence electrons. The monoisotopic (exact) mass is 463 g/mol. The van der Waals surface area contributed by atoms with Gasteiger partial charge in [-0.2, -0.15) is 0 Å². The van der Waals surface area contributed by atoms with E-state index in [1.165, 1.54) is 10.6 Å². The number of carbonyl (C=O) groups is 1. The van der Waals surface area contributed by atoms with Crippen LogP contribution in [0, 0.1) is 0 Å². The number of carbonyl (C=O) groups excluding carboxylic acids is 1. The molecule has 5 rings (SSSR count). The molecular weight excluding hydrogens is 438 g/mol. The van der Waals surface area contributed by atoms with Crippen molar-refractivity contribution in [1.82, 2.24) is 14.9 Å². The van der Waals surface area contributed by atoms with Gasteiger partial charge in [0.1, 0.15) is 5.82 Å². The summed E-state index contributed by atoms with van der Waals surface area (Å²) in [7, 11) is -3.36. The molecule has 0 atom stereocenters. The Morgan fingerprint density at radius 1 is 1.00 bits per heavy atom. The maximum atomic E-state index is 12.9. The molecule has 0 saturated carbocycles. The zero-order valence-electron chi connectivity index (χ0n) is 18.3. The Hall–Kier alpha value is -3.46. The summed E-state index contributed by atoms with van der Waals surface area (Å²) in [6, 6.07) is 18.8. The molecule has 1 saturated heterocycles. The van der Waals surface area contributed by atoms with E-state index in [1.807, 2.05) is 54.6 Å². The average Bonchev–Trinajstić information content (AvgIpc) is 3.15. The van der Waals surface area contributed by atoms with E-state index >= 15 is 0 Å². The summed E-state index contributed by atoms with van der Waals surface area (Å²) < 4.78 is 26.2. The minimum Gasteiger partial charge on any atom is -0.324 e. The van der Waals surface area contributed by atoms with Crippen LogP contribution >= 0.6 is 0 Å². The molecule has 33 heavy (non-hydrogen) atoms. The lowest BCUT2D eigenvalue weighted by Gasteiger charge is -2.39. The Labute approximate surface area is 193 Å². The molecule has 0 bridgehead atoms. The van der Waals surface area contributed by atoms with Crippen LogP contribution in [0.2, 0.25) is 0 Å². The van der Waals surface area contributed by atoms with Gasteiger partial charge in [0.15, 0.2) is 5.82 Å². The molecule has 0 aliphatic carbocycles. The Bertz CT molecular complexity index is 1290. The first-order valence-electron chi connectivity index (χ1n) is 10.9. The molecular formula is C24H25N5O3S. The number of piperidine rings is 1. The largest absolute Gasteiger partial charge is 0.324 e. The van der Waals surface area contributed by atoms with E-state index in [0.29, 0.717) is 44.1 Å². The van der Waals surface area contributed by atoms with E-state index in [4.69, 9.17) is 0 Å². The van der Waals surface area contributed by atoms with Crippen molar-refractivity contribution in [3.63, 3.8) is 0 Å². The SMILES string of the molecule is CS(=O)(=O)N1CC2(CCN(C(=O)Nc3ccnc(-c4ccccc4)n3)CC2)c2ccccc21. The Morgan fingerprint density at radius 3 is 2.42 bits per heavy atom. The molecule has 0 radical (unpaired) electrons. The van der Waals surface area contributed by atoms with Gasteiger partial charge in [-0.15, -0.1) is 0 Å². The van der Waals surface area contributed by atoms with Crippen LogP contribution in [0.5, 0.6) is 0 Å². The van der Waals surface area contributed by atoms with Crippen molar-refractivity contribution in [3.8, 4) is 11.4 Å². The summed E-state index contributed by atoms with van der Waals surface area (Å²) in [5.74, 6) is 0.998. The molecule has 0 unspecified atom stereocenters. The van der Waals surface area contributed by atoms with E-state index in [2.05, 4.69) is 15.3 Å². The third kappa shape index (κ3) is 4.04. The number of aromatic nitrogens is 2. The van der Waals surface area contributed by atoms with Crippen molar-refractivity contribution < 1.29 is 13.2 Å². The number of hydrogen-bond donors (Lipinski definition) is 1. The number of sulfonamides is 1. The van der Waals surface area contributed by atoms with Gasteiger partial charge in [0.25, 0.3) is 0 Å². The lowest BCUT2D eigenvalue weighted by Crippen LogP contribution is -2.48. The number of anilines is 2. The van der Waals surface area contributed by atoms with E-state index in [1.54, 1.807) is 17.2 Å². The molecule has 2 aliphatic rings. The predicted octanol–water partition coefficient (Wildman–Crippen LogP) is 3.49. The standard InChI is InChI=1S/C24H25N5O3S/c1-33(31,32)29-17-24(19-9-5-6-10-20(19)29)12-15-28(16-13-24)23(30)27-21-11-14-25-22(26-21)18-7-3-2-4-8-18/h2-11,14H,12-13,15-17H2,1H3,(H,25,26,27,30). The van der Waals surface area contributed by atoms with Crippen molar-refractivity contribution >= 4 is 27.6 Å². The quantitative estimate of drug-likeness (QED) is 0.642. The first-order chi connectivity index (χ1) is 15.9. The van der Waals surface area contributed by atoms with Crippen molar-refractivity contribution in [2.75, 3.05) is 35.5 Å². The zero-order valence-corrected chi connectivity index (χ0v) is 19.1. The predicted molar refractivity (Wildman–Crippen MR) is 128 cm³/mol. The summed E-state index contributed by atoms with van der Waals surface area (Å²) in [6.45, 7) is 1.50. The van der Waals surface area contributed by atoms with Gasteiger partial charge in [0.2, 0.25) is 10.0 Å². The summed E-state index contributed by atoms with van der Waals surface area (Å²) >= 11 is 0. The maximum absolute atomic E-state index is 12.9. The second-order valence-electron chi connectivity index (χ2n) is 8.62. The first-order valence-corrected chi connectivity index (χ1v) is 12.7. The van der Waals surface area contributed by atoms with Gasteiger partial charge in [-0.3, -0.25) is 9.62 Å². The lowest BCUT2D eigenvalue weighted by molar-refractivity contribution is 0.173. The lowest BCUT2D eigenvalue weighted by atomic mass is 9.74. The van der Waals surface area contributed by atoms with Gasteiger partial charge in [0, 0.05) is 36.8 Å². The fourth-order valence-electron chi connectivity index (χ4n) is 4.79. The molecule has 2 aliphatic heterocycles. The van der Waals surface area contributed by atoms with Gasteiger partial charge >= 0.3 is 6.03 Å². The number of amides is 2. The van der Waals surface area contributed by atoms with Crippen LogP contribution in [0.4, 0.5) is 16.3 Å². The van der Waals surface area contributed by atoms with E-state index in [0.717, 1.165) is 16.8 Å². The Kier molecular flexibility index (Phi) is 5.28. The summed E-state index contributed by atoms with van der Waals surface area (Å²) in [5.41, 5.74) is 2.42. The second-order valence-corrected chi connectivity index (χ2v) is 10.5. The minimum atomic E-state index is -3.36. The molecule has 3 heterocycles. The van der Waals surface area contributed by atoms with Crippen LogP contribution < -0.4 is 9.62 Å². The number of benzene rings is 2. The van der Waals surface area contributed by atoms with E-state index in [-0.39, 0.29) is 11.4 Å². The van der Waals surface area contributed by atoms with Crippen molar-refractivity contribution in [2.24, 2.45) is 0 Å². The van der Waals surface area contributed by atoms with Gasteiger partial charge < -0.3 is 4.90 Å². The molecule has 2 aromatic carbocycles. The van der Waals surface area contributed by atoms with Crippen LogP contribution in [0.15, 0.2) is 66.9 Å². The zero-order chi connectivity index (χ0) is 23.1. The van der Waals surface area contributed by atoms with Gasteiger partial charge in [0.05, 0.1) is 11.9 Å². The Morgan fingerprint density at radius 2 is 1.70 bits per heavy atom. The maximum Gasteiger partial charge on any atom is 0.323 e. The van der Waals surface area contributed by atoms with E-state index < -0.39 is 10.0 Å². The topological polar surface area (TPSA) is 95.5 Å². The number of hydrogen-bond acceptors (Lipinski definition) is 5. The minimum absolute atomic E-state index is 0.214. The first kappa shape index (κ1) is 21.4. The molecule has 3 aromatic rings. The highest BCUT2D eigenvalue weighted by Gasteiger charge is 2.47. The van der Waals surface area contributed by atoms with Crippen LogP contribution in [0.3, 0.4) is 0 Å². The van der Waals surface area contributed by atoms with Gasteiger partial charge in [-0.25, -0.2) is 23.2 Å². The molecule has 8 nitrogen and oxygen atoms in total.